The summed E-state index contributed by atoms with van der Waals surface area (Å²) in [5, 5.41) is 4.53. The van der Waals surface area contributed by atoms with Crippen LogP contribution in [0.5, 0.6) is 0 Å². The highest BCUT2D eigenvalue weighted by molar-refractivity contribution is 6.22. The van der Waals surface area contributed by atoms with Gasteiger partial charge in [0.15, 0.2) is 0 Å². The van der Waals surface area contributed by atoms with Crippen molar-refractivity contribution in [2.24, 2.45) is 0 Å². The van der Waals surface area contributed by atoms with Gasteiger partial charge in [-0.3, -0.25) is 0 Å². The van der Waals surface area contributed by atoms with Crippen LogP contribution in [0.1, 0.15) is 16.5 Å². The second-order valence-electron chi connectivity index (χ2n) is 9.58. The number of rotatable bonds is 2. The van der Waals surface area contributed by atoms with E-state index in [1.54, 1.807) is 24.3 Å². The van der Waals surface area contributed by atoms with E-state index in [2.05, 4.69) is 6.07 Å². The molecule has 0 amide bonds. The van der Waals surface area contributed by atoms with Crippen molar-refractivity contribution in [3.63, 3.8) is 0 Å². The Morgan fingerprint density at radius 2 is 1.08 bits per heavy atom. The van der Waals surface area contributed by atoms with E-state index in [-0.39, 0.29) is 45.7 Å². The van der Waals surface area contributed by atoms with Gasteiger partial charge in [-0.2, -0.15) is 0 Å². The zero-order valence-electron chi connectivity index (χ0n) is 28.4. The molecule has 1 aromatic heterocycles. The van der Waals surface area contributed by atoms with E-state index in [9.17, 15) is 2.74 Å². The SMILES string of the molecule is [2H]c1c([2H])c([2H])c2c(-c3cc(C)c4oc5cc6ccccc6cc5c4c3)c3c([2H])c([2H])c([2H])c([2H])c3c(-c3ccccc3)c2c1[2H]. The van der Waals surface area contributed by atoms with E-state index in [0.29, 0.717) is 33.4 Å². The zero-order chi connectivity index (χ0) is 32.2. The number of furan rings is 1. The first-order valence-corrected chi connectivity index (χ1v) is 12.5. The third kappa shape index (κ3) is 3.06. The first-order valence-electron chi connectivity index (χ1n) is 16.5. The first kappa shape index (κ1) is 14.8. The Morgan fingerprint density at radius 3 is 1.71 bits per heavy atom. The summed E-state index contributed by atoms with van der Waals surface area (Å²) in [7, 11) is 0. The van der Waals surface area contributed by atoms with Crippen molar-refractivity contribution in [2.45, 2.75) is 6.92 Å². The van der Waals surface area contributed by atoms with Gasteiger partial charge in [0.25, 0.3) is 0 Å². The van der Waals surface area contributed by atoms with Crippen LogP contribution in [0.25, 0.3) is 76.5 Å². The molecule has 0 aliphatic rings. The Labute approximate surface area is 231 Å². The highest BCUT2D eigenvalue weighted by Crippen LogP contribution is 2.45. The number of aryl methyl sites for hydroxylation is 1. The van der Waals surface area contributed by atoms with Gasteiger partial charge in [0.2, 0.25) is 0 Å². The van der Waals surface area contributed by atoms with Crippen molar-refractivity contribution in [1.29, 1.82) is 0 Å². The lowest BCUT2D eigenvalue weighted by Crippen LogP contribution is -1.91. The molecule has 7 aromatic carbocycles. The minimum Gasteiger partial charge on any atom is -0.456 e. The lowest BCUT2D eigenvalue weighted by Gasteiger charge is -2.18. The Kier molecular flexibility index (Phi) is 3.13. The Morgan fingerprint density at radius 1 is 0.526 bits per heavy atom. The van der Waals surface area contributed by atoms with Crippen LogP contribution in [0.3, 0.4) is 0 Å². The first-order chi connectivity index (χ1) is 22.1. The number of benzene rings is 7. The van der Waals surface area contributed by atoms with Crippen LogP contribution in [0, 0.1) is 6.92 Å². The summed E-state index contributed by atoms with van der Waals surface area (Å²) in [4.78, 5) is 0. The van der Waals surface area contributed by atoms with Crippen LogP contribution in [0.15, 0.2) is 132 Å². The summed E-state index contributed by atoms with van der Waals surface area (Å²) in [6.07, 6.45) is 0. The van der Waals surface area contributed by atoms with E-state index in [0.717, 1.165) is 27.1 Å². The predicted octanol–water partition coefficient (Wildman–Crippen LogP) is 10.7. The third-order valence-electron chi connectivity index (χ3n) is 7.35. The van der Waals surface area contributed by atoms with E-state index < -0.39 is 24.2 Å². The number of hydrogen-bond acceptors (Lipinski definition) is 1. The van der Waals surface area contributed by atoms with Gasteiger partial charge in [-0.25, -0.2) is 0 Å². The normalized spacial score (nSPS) is 14.8. The molecule has 0 aliphatic carbocycles. The van der Waals surface area contributed by atoms with Crippen molar-refractivity contribution in [3.05, 3.63) is 133 Å². The number of fused-ring (bicyclic) bond motifs is 6. The van der Waals surface area contributed by atoms with Gasteiger partial charge in [-0.1, -0.05) is 103 Å². The highest BCUT2D eigenvalue weighted by Gasteiger charge is 2.18. The number of hydrogen-bond donors (Lipinski definition) is 0. The second-order valence-corrected chi connectivity index (χ2v) is 9.58. The van der Waals surface area contributed by atoms with Crippen molar-refractivity contribution in [3.8, 4) is 22.3 Å². The predicted molar refractivity (Wildman–Crippen MR) is 162 cm³/mol. The fourth-order valence-corrected chi connectivity index (χ4v) is 5.69. The van der Waals surface area contributed by atoms with E-state index >= 15 is 0 Å². The van der Waals surface area contributed by atoms with E-state index in [1.165, 1.54) is 0 Å². The van der Waals surface area contributed by atoms with Gasteiger partial charge in [0.1, 0.15) is 11.2 Å². The van der Waals surface area contributed by atoms with Crippen LogP contribution >= 0.6 is 0 Å². The standard InChI is InChI=1S/C37H24O/c1-23-19-27(21-33-32-20-25-13-5-6-14-26(25)22-34(32)38-37(23)33)36-30-17-9-7-15-28(30)35(24-11-3-2-4-12-24)29-16-8-10-18-31(29)36/h2-22H,1H3/i7D,8D,9D,10D,15D,16D,17D,18D. The van der Waals surface area contributed by atoms with E-state index in [4.69, 9.17) is 12.6 Å². The molecule has 8 aromatic rings. The van der Waals surface area contributed by atoms with Gasteiger partial charge >= 0.3 is 0 Å². The average molecular weight is 493 g/mol. The van der Waals surface area contributed by atoms with Crippen molar-refractivity contribution >= 4 is 54.3 Å². The van der Waals surface area contributed by atoms with Gasteiger partial charge in [0.05, 0.1) is 11.0 Å². The average Bonchev–Trinajstić information content (AvgIpc) is 3.43. The molecule has 0 N–H and O–H groups in total. The lowest BCUT2D eigenvalue weighted by atomic mass is 9.85. The largest absolute Gasteiger partial charge is 0.456 e. The third-order valence-corrected chi connectivity index (χ3v) is 7.35. The molecule has 0 unspecified atom stereocenters. The molecule has 0 saturated heterocycles. The van der Waals surface area contributed by atoms with Crippen LogP contribution in [0.4, 0.5) is 0 Å². The minimum absolute atomic E-state index is 0.194. The van der Waals surface area contributed by atoms with Gasteiger partial charge in [-0.15, -0.1) is 0 Å². The van der Waals surface area contributed by atoms with Crippen LogP contribution in [-0.4, -0.2) is 0 Å². The highest BCUT2D eigenvalue weighted by atomic mass is 16.3. The summed E-state index contributed by atoms with van der Waals surface area (Å²) in [5.74, 6) is 0. The van der Waals surface area contributed by atoms with Crippen molar-refractivity contribution in [2.75, 3.05) is 0 Å². The molecule has 0 saturated carbocycles. The second kappa shape index (κ2) is 8.06. The van der Waals surface area contributed by atoms with Crippen LogP contribution < -0.4 is 0 Å². The fourth-order valence-electron chi connectivity index (χ4n) is 5.69. The Balaban J connectivity index is 1.65. The molecule has 0 fully saturated rings. The quantitative estimate of drug-likeness (QED) is 0.219. The molecule has 0 atom stereocenters. The molecular formula is C37H24O. The molecule has 1 heteroatoms. The topological polar surface area (TPSA) is 13.1 Å². The summed E-state index contributed by atoms with van der Waals surface area (Å²) in [6, 6.07) is 22.0. The molecule has 1 nitrogen and oxygen atoms in total. The van der Waals surface area contributed by atoms with Gasteiger partial charge in [-0.05, 0) is 91.3 Å². The molecule has 0 bridgehead atoms. The summed E-state index contributed by atoms with van der Waals surface area (Å²) >= 11 is 0. The molecule has 38 heavy (non-hydrogen) atoms. The van der Waals surface area contributed by atoms with Crippen LogP contribution in [-0.2, 0) is 0 Å². The summed E-state index contributed by atoms with van der Waals surface area (Å²) < 4.78 is 77.4. The maximum absolute atomic E-state index is 9.18. The molecule has 0 spiro atoms. The van der Waals surface area contributed by atoms with Crippen LogP contribution in [0.2, 0.25) is 0 Å². The molecule has 8 rings (SSSR count). The van der Waals surface area contributed by atoms with E-state index in [1.807, 2.05) is 55.5 Å². The summed E-state index contributed by atoms with van der Waals surface area (Å²) in [5.41, 5.74) is 3.96. The molecule has 178 valence electrons. The Hall–Kier alpha value is -4.88. The minimum atomic E-state index is -0.420. The monoisotopic (exact) mass is 492 g/mol. The maximum Gasteiger partial charge on any atom is 0.138 e. The maximum atomic E-state index is 9.18. The lowest BCUT2D eigenvalue weighted by molar-refractivity contribution is 0.666. The molecule has 0 aliphatic heterocycles. The van der Waals surface area contributed by atoms with Gasteiger partial charge < -0.3 is 4.42 Å². The summed E-state index contributed by atoms with van der Waals surface area (Å²) in [6.45, 7) is 1.90. The fraction of sp³-hybridized carbons (Fsp3) is 0.0270. The zero-order valence-corrected chi connectivity index (χ0v) is 20.4. The van der Waals surface area contributed by atoms with Crippen molar-refractivity contribution < 1.29 is 15.4 Å². The van der Waals surface area contributed by atoms with Gasteiger partial charge in [0, 0.05) is 10.8 Å². The smallest absolute Gasteiger partial charge is 0.138 e. The molecule has 1 heterocycles. The molecule has 0 radical (unpaired) electrons. The Bertz CT molecular complexity index is 2540. The molecular weight excluding hydrogens is 460 g/mol. The van der Waals surface area contributed by atoms with Crippen molar-refractivity contribution in [1.82, 2.24) is 0 Å².